The zero-order chi connectivity index (χ0) is 16.8. The van der Waals surface area contributed by atoms with E-state index >= 15 is 0 Å². The van der Waals surface area contributed by atoms with E-state index in [0.29, 0.717) is 25.7 Å². The van der Waals surface area contributed by atoms with E-state index in [-0.39, 0.29) is 11.8 Å². The summed E-state index contributed by atoms with van der Waals surface area (Å²) in [6, 6.07) is 0.316. The Morgan fingerprint density at radius 3 is 2.65 bits per heavy atom. The van der Waals surface area contributed by atoms with Crippen molar-refractivity contribution >= 4 is 11.8 Å². The molecule has 1 aliphatic rings. The van der Waals surface area contributed by atoms with Crippen molar-refractivity contribution in [3.63, 3.8) is 0 Å². The van der Waals surface area contributed by atoms with E-state index in [2.05, 4.69) is 25.6 Å². The Morgan fingerprint density at radius 1 is 1.26 bits per heavy atom. The number of nitrogens with one attached hydrogen (secondary N) is 2. The van der Waals surface area contributed by atoms with Crippen LogP contribution in [0.3, 0.4) is 0 Å². The minimum absolute atomic E-state index is 0.00579. The zero-order valence-electron chi connectivity index (χ0n) is 14.1. The van der Waals surface area contributed by atoms with Crippen molar-refractivity contribution in [1.82, 2.24) is 30.3 Å². The van der Waals surface area contributed by atoms with Gasteiger partial charge in [0, 0.05) is 26.1 Å². The summed E-state index contributed by atoms with van der Waals surface area (Å²) in [5, 5.41) is 9.90. The molecule has 1 fully saturated rings. The van der Waals surface area contributed by atoms with Crippen LogP contribution >= 0.6 is 0 Å². The van der Waals surface area contributed by atoms with E-state index in [1.54, 1.807) is 0 Å². The number of hydrogen-bond acceptors (Lipinski definition) is 5. The molecule has 1 aromatic rings. The van der Waals surface area contributed by atoms with Crippen molar-refractivity contribution in [3.8, 4) is 0 Å². The Hall–Kier alpha value is -1.96. The first-order chi connectivity index (χ1) is 11.0. The maximum absolute atomic E-state index is 12.0. The van der Waals surface area contributed by atoms with Crippen LogP contribution in [0.5, 0.6) is 0 Å². The molecule has 8 heteroatoms. The van der Waals surface area contributed by atoms with Crippen LogP contribution in [0.1, 0.15) is 31.4 Å². The van der Waals surface area contributed by atoms with Gasteiger partial charge >= 0.3 is 0 Å². The third kappa shape index (κ3) is 5.31. The number of amides is 2. The molecule has 2 amide bonds. The van der Waals surface area contributed by atoms with Gasteiger partial charge in [-0.2, -0.15) is 5.10 Å². The predicted octanol–water partition coefficient (Wildman–Crippen LogP) is -0.388. The lowest BCUT2D eigenvalue weighted by Crippen LogP contribution is -2.43. The summed E-state index contributed by atoms with van der Waals surface area (Å²) in [6.07, 6.45) is 2.16. The normalized spacial score (nSPS) is 18.1. The minimum atomic E-state index is -0.0858. The Kier molecular flexibility index (Phi) is 6.09. The third-order valence-electron chi connectivity index (χ3n) is 4.01. The van der Waals surface area contributed by atoms with Gasteiger partial charge in [-0.25, -0.2) is 9.67 Å². The van der Waals surface area contributed by atoms with Crippen molar-refractivity contribution in [1.29, 1.82) is 0 Å². The molecule has 1 atom stereocenters. The minimum Gasteiger partial charge on any atom is -0.355 e. The summed E-state index contributed by atoms with van der Waals surface area (Å²) < 4.78 is 1.92. The summed E-state index contributed by atoms with van der Waals surface area (Å²) in [5.74, 6) is 1.60. The van der Waals surface area contributed by atoms with Gasteiger partial charge in [0.05, 0.1) is 13.1 Å². The van der Waals surface area contributed by atoms with Gasteiger partial charge in [-0.1, -0.05) is 0 Å². The molecule has 0 aliphatic carbocycles. The molecular weight excluding hydrogens is 296 g/mol. The number of carbonyl (C=O) groups is 2. The topological polar surface area (TPSA) is 92.2 Å². The Morgan fingerprint density at radius 2 is 2.00 bits per heavy atom. The molecule has 23 heavy (non-hydrogen) atoms. The highest BCUT2D eigenvalue weighted by molar-refractivity contribution is 5.78. The molecule has 1 aliphatic heterocycles. The van der Waals surface area contributed by atoms with Crippen LogP contribution in [0.15, 0.2) is 0 Å². The second kappa shape index (κ2) is 8.05. The van der Waals surface area contributed by atoms with Crippen molar-refractivity contribution in [2.75, 3.05) is 26.2 Å². The monoisotopic (exact) mass is 322 g/mol. The van der Waals surface area contributed by atoms with Gasteiger partial charge in [-0.05, 0) is 33.2 Å². The molecule has 8 nitrogen and oxygen atoms in total. The molecular formula is C15H26N6O2. The number of hydrogen-bond donors (Lipinski definition) is 2. The lowest BCUT2D eigenvalue weighted by molar-refractivity contribution is -0.123. The van der Waals surface area contributed by atoms with E-state index in [4.69, 9.17) is 0 Å². The lowest BCUT2D eigenvalue weighted by Gasteiger charge is -2.24. The fraction of sp³-hybridized carbons (Fsp3) is 0.733. The SMILES string of the molecule is CC(=O)NCCNC(=O)CN1CCC[C@H]1Cn1nc(C)nc1C. The van der Waals surface area contributed by atoms with E-state index in [1.807, 2.05) is 18.5 Å². The first kappa shape index (κ1) is 17.4. The number of aromatic nitrogens is 3. The molecule has 0 radical (unpaired) electrons. The zero-order valence-corrected chi connectivity index (χ0v) is 14.1. The first-order valence-corrected chi connectivity index (χ1v) is 8.09. The smallest absolute Gasteiger partial charge is 0.234 e. The number of nitrogens with zero attached hydrogens (tertiary/aromatic N) is 4. The highest BCUT2D eigenvalue weighted by Crippen LogP contribution is 2.18. The first-order valence-electron chi connectivity index (χ1n) is 8.09. The Bertz CT molecular complexity index is 556. The standard InChI is InChI=1S/C15H26N6O2/c1-11-18-12(2)21(19-11)9-14-5-4-8-20(14)10-15(23)17-7-6-16-13(3)22/h14H,4-10H2,1-3H3,(H,16,22)(H,17,23)/t14-/m0/s1. The summed E-state index contributed by atoms with van der Waals surface area (Å²) in [4.78, 5) is 29.3. The summed E-state index contributed by atoms with van der Waals surface area (Å²) >= 11 is 0. The summed E-state index contributed by atoms with van der Waals surface area (Å²) in [5.41, 5.74) is 0. The van der Waals surface area contributed by atoms with E-state index in [9.17, 15) is 9.59 Å². The van der Waals surface area contributed by atoms with E-state index in [1.165, 1.54) is 6.92 Å². The van der Waals surface area contributed by atoms with Crippen LogP contribution in [0.2, 0.25) is 0 Å². The van der Waals surface area contributed by atoms with Crippen LogP contribution in [-0.2, 0) is 16.1 Å². The van der Waals surface area contributed by atoms with Crippen molar-refractivity contribution < 1.29 is 9.59 Å². The quantitative estimate of drug-likeness (QED) is 0.667. The molecule has 0 spiro atoms. The highest BCUT2D eigenvalue weighted by Gasteiger charge is 2.27. The molecule has 0 unspecified atom stereocenters. The van der Waals surface area contributed by atoms with Gasteiger partial charge in [-0.15, -0.1) is 0 Å². The second-order valence-electron chi connectivity index (χ2n) is 5.99. The van der Waals surface area contributed by atoms with Crippen LogP contribution in [-0.4, -0.2) is 63.7 Å². The van der Waals surface area contributed by atoms with Crippen LogP contribution < -0.4 is 10.6 Å². The molecule has 2 heterocycles. The molecule has 2 rings (SSSR count). The molecule has 0 bridgehead atoms. The number of carbonyl (C=O) groups excluding carboxylic acids is 2. The molecule has 0 saturated carbocycles. The van der Waals surface area contributed by atoms with Crippen LogP contribution in [0.25, 0.3) is 0 Å². The molecule has 1 saturated heterocycles. The number of aryl methyl sites for hydroxylation is 2. The second-order valence-corrected chi connectivity index (χ2v) is 5.99. The molecule has 2 N–H and O–H groups in total. The average Bonchev–Trinajstić information content (AvgIpc) is 3.02. The molecule has 0 aromatic carbocycles. The fourth-order valence-corrected chi connectivity index (χ4v) is 2.92. The highest BCUT2D eigenvalue weighted by atomic mass is 16.2. The van der Waals surface area contributed by atoms with Gasteiger partial charge in [0.15, 0.2) is 0 Å². The van der Waals surface area contributed by atoms with Gasteiger partial charge < -0.3 is 10.6 Å². The van der Waals surface area contributed by atoms with Crippen molar-refractivity contribution in [2.45, 2.75) is 46.2 Å². The Labute approximate surface area is 136 Å². The number of likely N-dealkylation sites (tertiary alicyclic amines) is 1. The van der Waals surface area contributed by atoms with Crippen molar-refractivity contribution in [3.05, 3.63) is 11.6 Å². The fourth-order valence-electron chi connectivity index (χ4n) is 2.92. The molecule has 1 aromatic heterocycles. The van der Waals surface area contributed by atoms with Gasteiger partial charge in [-0.3, -0.25) is 14.5 Å². The third-order valence-corrected chi connectivity index (χ3v) is 4.01. The molecule has 128 valence electrons. The maximum Gasteiger partial charge on any atom is 0.234 e. The van der Waals surface area contributed by atoms with Crippen LogP contribution in [0, 0.1) is 13.8 Å². The summed E-state index contributed by atoms with van der Waals surface area (Å²) in [7, 11) is 0. The maximum atomic E-state index is 12.0. The summed E-state index contributed by atoms with van der Waals surface area (Å²) in [6.45, 7) is 8.30. The Balaban J connectivity index is 1.78. The number of rotatable bonds is 7. The lowest BCUT2D eigenvalue weighted by atomic mass is 10.2. The largest absolute Gasteiger partial charge is 0.355 e. The van der Waals surface area contributed by atoms with Crippen molar-refractivity contribution in [2.24, 2.45) is 0 Å². The van der Waals surface area contributed by atoms with E-state index in [0.717, 1.165) is 37.6 Å². The van der Waals surface area contributed by atoms with E-state index < -0.39 is 0 Å². The predicted molar refractivity (Wildman–Crippen MR) is 85.8 cm³/mol. The van der Waals surface area contributed by atoms with Gasteiger partial charge in [0.2, 0.25) is 11.8 Å². The van der Waals surface area contributed by atoms with Gasteiger partial charge in [0.25, 0.3) is 0 Å². The van der Waals surface area contributed by atoms with Crippen LogP contribution in [0.4, 0.5) is 0 Å². The van der Waals surface area contributed by atoms with Gasteiger partial charge in [0.1, 0.15) is 11.6 Å². The average molecular weight is 322 g/mol.